The summed E-state index contributed by atoms with van der Waals surface area (Å²) in [6, 6.07) is -1.09. The second-order valence-electron chi connectivity index (χ2n) is 2.84. The average molecular weight is 306 g/mol. The SMILES string of the molecule is O=[N+]([O-])[N-]c1nc(Cc2noc([N-][N+](=O)[O-])n2)no1.[NH4+].[NH4+]. The molecule has 0 aliphatic rings. The Morgan fingerprint density at radius 2 is 1.29 bits per heavy atom. The summed E-state index contributed by atoms with van der Waals surface area (Å²) in [5.41, 5.74) is 5.55. The third-order valence-electron chi connectivity index (χ3n) is 1.57. The molecule has 0 fully saturated rings. The molecule has 0 atom stereocenters. The van der Waals surface area contributed by atoms with E-state index in [2.05, 4.69) is 40.2 Å². The summed E-state index contributed by atoms with van der Waals surface area (Å²) in [6.07, 6.45) is -0.118. The summed E-state index contributed by atoms with van der Waals surface area (Å²) in [5, 5.41) is 24.8. The van der Waals surface area contributed by atoms with Gasteiger partial charge in [-0.05, 0) is 0 Å². The van der Waals surface area contributed by atoms with Crippen LogP contribution in [0.3, 0.4) is 0 Å². The Hall–Kier alpha value is -3.40. The lowest BCUT2D eigenvalue weighted by Gasteiger charge is -1.96. The van der Waals surface area contributed by atoms with Crippen molar-refractivity contribution < 1.29 is 19.1 Å². The van der Waals surface area contributed by atoms with Gasteiger partial charge in [0.1, 0.15) is 0 Å². The first-order valence-corrected chi connectivity index (χ1v) is 4.40. The first-order valence-electron chi connectivity index (χ1n) is 4.40. The van der Waals surface area contributed by atoms with Crippen molar-refractivity contribution in [3.63, 3.8) is 0 Å². The maximum atomic E-state index is 10.0. The summed E-state index contributed by atoms with van der Waals surface area (Å²) >= 11 is 0. The third kappa shape index (κ3) is 5.00. The van der Waals surface area contributed by atoms with Crippen molar-refractivity contribution in [3.8, 4) is 0 Å². The smallest absolute Gasteiger partial charge is 0.202 e. The first kappa shape index (κ1) is 17.6. The van der Waals surface area contributed by atoms with Crippen LogP contribution in [0.1, 0.15) is 11.6 Å². The molecule has 8 N–H and O–H groups in total. The number of hydrogen-bond acceptors (Lipinski definition) is 10. The normalized spacial score (nSPS) is 9.14. The van der Waals surface area contributed by atoms with Crippen LogP contribution >= 0.6 is 0 Å². The number of rotatable bonds is 6. The zero-order chi connectivity index (χ0) is 13.8. The van der Waals surface area contributed by atoms with Gasteiger partial charge in [-0.15, -0.1) is 0 Å². The number of quaternary nitrogens is 2. The van der Waals surface area contributed by atoms with Gasteiger partial charge < -0.3 is 31.3 Å². The highest BCUT2D eigenvalue weighted by Crippen LogP contribution is 2.17. The van der Waals surface area contributed by atoms with E-state index in [4.69, 9.17) is 0 Å². The molecule has 0 saturated heterocycles. The molecule has 16 nitrogen and oxygen atoms in total. The second kappa shape index (κ2) is 7.25. The summed E-state index contributed by atoms with van der Waals surface area (Å²) in [7, 11) is 0. The van der Waals surface area contributed by atoms with E-state index in [9.17, 15) is 20.2 Å². The fourth-order valence-corrected chi connectivity index (χ4v) is 0.995. The minimum atomic E-state index is -1.00. The Morgan fingerprint density at radius 3 is 1.62 bits per heavy atom. The van der Waals surface area contributed by atoms with Crippen LogP contribution in [0.4, 0.5) is 12.0 Å². The maximum Gasteiger partial charge on any atom is 0.202 e. The van der Waals surface area contributed by atoms with Crippen LogP contribution in [0.5, 0.6) is 0 Å². The van der Waals surface area contributed by atoms with E-state index in [-0.39, 0.29) is 30.4 Å². The molecule has 2 rings (SSSR count). The van der Waals surface area contributed by atoms with Gasteiger partial charge in [-0.2, -0.15) is 0 Å². The highest BCUT2D eigenvalue weighted by atomic mass is 16.7. The van der Waals surface area contributed by atoms with Crippen LogP contribution in [0, 0.1) is 20.2 Å². The largest absolute Gasteiger partial charge is 0.382 e. The quantitative estimate of drug-likeness (QED) is 0.567. The van der Waals surface area contributed by atoms with Crippen molar-refractivity contribution >= 4 is 12.0 Å². The van der Waals surface area contributed by atoms with E-state index in [1.54, 1.807) is 0 Å². The van der Waals surface area contributed by atoms with Gasteiger partial charge in [0.15, 0.2) is 0 Å². The predicted molar refractivity (Wildman–Crippen MR) is 63.4 cm³/mol. The fraction of sp³-hybridized carbons (Fsp3) is 0.200. The molecule has 0 aromatic carbocycles. The molecular weight excluding hydrogens is 296 g/mol. The molecule has 0 bridgehead atoms. The van der Waals surface area contributed by atoms with Crippen molar-refractivity contribution in [2.45, 2.75) is 6.42 Å². The lowest BCUT2D eigenvalue weighted by molar-refractivity contribution is -0.420. The zero-order valence-corrected chi connectivity index (χ0v) is 10.7. The van der Waals surface area contributed by atoms with Crippen LogP contribution in [-0.2, 0) is 6.42 Å². The monoisotopic (exact) mass is 306 g/mol. The summed E-state index contributed by atoms with van der Waals surface area (Å²) in [5.74, 6) is -0.0110. The minimum Gasteiger partial charge on any atom is -0.382 e. The van der Waals surface area contributed by atoms with Gasteiger partial charge in [0.2, 0.25) is 12.0 Å². The van der Waals surface area contributed by atoms with E-state index in [1.807, 2.05) is 0 Å². The van der Waals surface area contributed by atoms with Gasteiger partial charge in [0.25, 0.3) is 0 Å². The van der Waals surface area contributed by atoms with Crippen LogP contribution in [0.2, 0.25) is 0 Å². The van der Waals surface area contributed by atoms with Gasteiger partial charge in [-0.25, -0.2) is 0 Å². The predicted octanol–water partition coefficient (Wildman–Crippen LogP) is 1.19. The highest BCUT2D eigenvalue weighted by Gasteiger charge is 2.05. The maximum absolute atomic E-state index is 10.0. The van der Waals surface area contributed by atoms with E-state index in [0.29, 0.717) is 0 Å². The molecule has 116 valence electrons. The number of nitrogens with zero attached hydrogens (tertiary/aromatic N) is 8. The summed E-state index contributed by atoms with van der Waals surface area (Å²) in [4.78, 5) is 27.2. The van der Waals surface area contributed by atoms with Crippen LogP contribution in [0.25, 0.3) is 10.9 Å². The van der Waals surface area contributed by atoms with Crippen LogP contribution in [0.15, 0.2) is 9.05 Å². The van der Waals surface area contributed by atoms with Gasteiger partial charge in [0, 0.05) is 6.42 Å². The molecule has 0 amide bonds. The average Bonchev–Trinajstić information content (AvgIpc) is 2.88. The lowest BCUT2D eigenvalue weighted by atomic mass is 10.4. The van der Waals surface area contributed by atoms with Gasteiger partial charge in [0.05, 0.1) is 21.7 Å². The Bertz CT molecular complexity index is 554. The van der Waals surface area contributed by atoms with Crippen molar-refractivity contribution in [2.75, 3.05) is 0 Å². The van der Waals surface area contributed by atoms with E-state index < -0.39 is 22.1 Å². The van der Waals surface area contributed by atoms with E-state index in [0.717, 1.165) is 0 Å². The fourth-order valence-electron chi connectivity index (χ4n) is 0.995. The second-order valence-corrected chi connectivity index (χ2v) is 2.84. The summed E-state index contributed by atoms with van der Waals surface area (Å²) < 4.78 is 8.86. The molecule has 0 saturated carbocycles. The standard InChI is InChI=1S/C5H2N8O6.2H3N/c14-12(15)8-4-6-2(10-18-4)1-3-7-5(19-11-3)9-13(16)17;;/h1H2;2*1H3/q-2;;/p+2. The molecule has 2 heterocycles. The van der Waals surface area contributed by atoms with Gasteiger partial charge >= 0.3 is 0 Å². The molecule has 0 aliphatic heterocycles. The molecule has 0 unspecified atom stereocenters. The Morgan fingerprint density at radius 1 is 0.905 bits per heavy atom. The van der Waals surface area contributed by atoms with Gasteiger partial charge in [-0.3, -0.25) is 20.2 Å². The number of hydrogen-bond donors (Lipinski definition) is 2. The Balaban J connectivity index is 0.00000200. The number of nitro groups is 2. The van der Waals surface area contributed by atoms with Crippen LogP contribution in [-0.4, -0.2) is 30.3 Å². The topological polar surface area (TPSA) is 265 Å². The molecule has 2 aromatic heterocycles. The van der Waals surface area contributed by atoms with E-state index >= 15 is 0 Å². The third-order valence-corrected chi connectivity index (χ3v) is 1.57. The minimum absolute atomic E-state index is 0. The highest BCUT2D eigenvalue weighted by molar-refractivity contribution is 5.22. The van der Waals surface area contributed by atoms with Crippen LogP contribution < -0.4 is 12.3 Å². The van der Waals surface area contributed by atoms with Crippen molar-refractivity contribution in [1.82, 2.24) is 32.6 Å². The summed E-state index contributed by atoms with van der Waals surface area (Å²) in [6.45, 7) is 0. The molecule has 16 heteroatoms. The first-order chi connectivity index (χ1) is 9.02. The van der Waals surface area contributed by atoms with Crippen molar-refractivity contribution in [2.24, 2.45) is 0 Å². The molecule has 0 radical (unpaired) electrons. The number of aromatic nitrogens is 4. The lowest BCUT2D eigenvalue weighted by Crippen LogP contribution is -1.93. The molecule has 0 spiro atoms. The molecule has 0 aliphatic carbocycles. The Labute approximate surface area is 114 Å². The van der Waals surface area contributed by atoms with E-state index in [1.165, 1.54) is 0 Å². The zero-order valence-electron chi connectivity index (χ0n) is 10.7. The Kier molecular flexibility index (Phi) is 6.08. The molecule has 21 heavy (non-hydrogen) atoms. The van der Waals surface area contributed by atoms with Gasteiger partial charge in [-0.1, -0.05) is 21.2 Å². The molecule has 2 aromatic rings. The molecular formula is C5H10N10O6. The van der Waals surface area contributed by atoms with Crippen molar-refractivity contribution in [3.05, 3.63) is 42.7 Å². The van der Waals surface area contributed by atoms with Crippen molar-refractivity contribution in [1.29, 1.82) is 0 Å².